The number of ether oxygens (including phenoxy) is 1. The summed E-state index contributed by atoms with van der Waals surface area (Å²) in [5.74, 6) is 0.878. The minimum absolute atomic E-state index is 0.0816. The Kier molecular flexibility index (Phi) is 4.65. The molecule has 0 unspecified atom stereocenters. The summed E-state index contributed by atoms with van der Waals surface area (Å²) in [4.78, 5) is 16.5. The predicted molar refractivity (Wildman–Crippen MR) is 80.1 cm³/mol. The summed E-state index contributed by atoms with van der Waals surface area (Å²) in [6.07, 6.45) is -0.431. The lowest BCUT2D eigenvalue weighted by atomic mass is 10.1. The van der Waals surface area contributed by atoms with Gasteiger partial charge in [-0.1, -0.05) is 17.7 Å². The molecule has 20 heavy (non-hydrogen) atoms. The molecule has 1 heterocycles. The third-order valence-corrected chi connectivity index (χ3v) is 3.80. The lowest BCUT2D eigenvalue weighted by molar-refractivity contribution is -0.139. The van der Waals surface area contributed by atoms with E-state index in [1.807, 2.05) is 30.9 Å². The minimum atomic E-state index is -0.431. The zero-order chi connectivity index (χ0) is 14.7. The van der Waals surface area contributed by atoms with Crippen LogP contribution in [0.5, 0.6) is 5.75 Å². The van der Waals surface area contributed by atoms with E-state index in [1.54, 1.807) is 0 Å². The first kappa shape index (κ1) is 14.9. The molecule has 4 nitrogen and oxygen atoms in total. The summed E-state index contributed by atoms with van der Waals surface area (Å²) in [6.45, 7) is 9.33. The van der Waals surface area contributed by atoms with E-state index in [0.29, 0.717) is 0 Å². The molecule has 0 spiro atoms. The van der Waals surface area contributed by atoms with Crippen LogP contribution in [0.3, 0.4) is 0 Å². The van der Waals surface area contributed by atoms with Gasteiger partial charge in [-0.15, -0.1) is 0 Å². The molecule has 1 saturated heterocycles. The highest BCUT2D eigenvalue weighted by atomic mass is 16.5. The van der Waals surface area contributed by atoms with Crippen LogP contribution in [0.4, 0.5) is 0 Å². The van der Waals surface area contributed by atoms with Crippen molar-refractivity contribution in [1.82, 2.24) is 9.80 Å². The maximum Gasteiger partial charge on any atom is 0.263 e. The van der Waals surface area contributed by atoms with E-state index in [-0.39, 0.29) is 5.91 Å². The number of benzene rings is 1. The fourth-order valence-corrected chi connectivity index (χ4v) is 2.46. The average Bonchev–Trinajstić information content (AvgIpc) is 2.42. The first-order valence-electron chi connectivity index (χ1n) is 7.18. The molecular formula is C16H24N2O2. The van der Waals surface area contributed by atoms with Gasteiger partial charge in [0, 0.05) is 26.2 Å². The molecule has 1 aliphatic rings. The lowest BCUT2D eigenvalue weighted by Gasteiger charge is -2.34. The molecule has 0 bridgehead atoms. The minimum Gasteiger partial charge on any atom is -0.481 e. The van der Waals surface area contributed by atoms with Gasteiger partial charge in [0.2, 0.25) is 0 Å². The predicted octanol–water partition coefficient (Wildman–Crippen LogP) is 1.84. The van der Waals surface area contributed by atoms with Crippen molar-refractivity contribution in [2.45, 2.75) is 26.9 Å². The maximum absolute atomic E-state index is 12.4. The number of carbonyl (C=O) groups excluding carboxylic acids is 1. The molecule has 2 rings (SSSR count). The normalized spacial score (nSPS) is 17.9. The van der Waals surface area contributed by atoms with Gasteiger partial charge in [-0.2, -0.15) is 0 Å². The molecule has 0 aromatic heterocycles. The molecule has 1 fully saturated rings. The van der Waals surface area contributed by atoms with Gasteiger partial charge in [0.25, 0.3) is 5.91 Å². The van der Waals surface area contributed by atoms with Crippen LogP contribution in [0.25, 0.3) is 0 Å². The number of nitrogens with zero attached hydrogens (tertiary/aromatic N) is 2. The van der Waals surface area contributed by atoms with E-state index in [4.69, 9.17) is 4.74 Å². The highest BCUT2D eigenvalue weighted by Crippen LogP contribution is 2.20. The molecule has 1 atom stereocenters. The molecule has 1 aliphatic heterocycles. The van der Waals surface area contributed by atoms with Crippen LogP contribution in [0.2, 0.25) is 0 Å². The molecule has 4 heteroatoms. The molecule has 110 valence electrons. The van der Waals surface area contributed by atoms with Crippen molar-refractivity contribution in [2.75, 3.05) is 33.2 Å². The van der Waals surface area contributed by atoms with Gasteiger partial charge in [-0.3, -0.25) is 4.79 Å². The zero-order valence-electron chi connectivity index (χ0n) is 12.8. The number of hydrogen-bond acceptors (Lipinski definition) is 3. The highest BCUT2D eigenvalue weighted by molar-refractivity contribution is 5.81. The van der Waals surface area contributed by atoms with Crippen molar-refractivity contribution in [1.29, 1.82) is 0 Å². The Balaban J connectivity index is 1.97. The Hall–Kier alpha value is -1.55. The van der Waals surface area contributed by atoms with Gasteiger partial charge in [-0.05, 0) is 39.4 Å². The maximum atomic E-state index is 12.4. The standard InChI is InChI=1S/C16H24N2O2/c1-12-5-6-15(13(2)11-12)20-14(3)16(19)18-9-7-17(4)8-10-18/h5-6,11,14H,7-10H2,1-4H3/t14-/m1/s1. The number of likely N-dealkylation sites (N-methyl/N-ethyl adjacent to an activating group) is 1. The Morgan fingerprint density at radius 1 is 1.20 bits per heavy atom. The van der Waals surface area contributed by atoms with Crippen LogP contribution in [0.1, 0.15) is 18.1 Å². The molecule has 0 aliphatic carbocycles. The number of rotatable bonds is 3. The summed E-state index contributed by atoms with van der Waals surface area (Å²) in [5.41, 5.74) is 2.27. The largest absolute Gasteiger partial charge is 0.481 e. The van der Waals surface area contributed by atoms with Crippen LogP contribution in [0, 0.1) is 13.8 Å². The van der Waals surface area contributed by atoms with Crippen LogP contribution in [-0.4, -0.2) is 55.0 Å². The summed E-state index contributed by atoms with van der Waals surface area (Å²) < 4.78 is 5.84. The van der Waals surface area contributed by atoms with E-state index in [2.05, 4.69) is 24.9 Å². The second-order valence-corrected chi connectivity index (χ2v) is 5.66. The summed E-state index contributed by atoms with van der Waals surface area (Å²) in [7, 11) is 2.08. The zero-order valence-corrected chi connectivity index (χ0v) is 12.8. The van der Waals surface area contributed by atoms with Gasteiger partial charge in [0.15, 0.2) is 6.10 Å². The summed E-state index contributed by atoms with van der Waals surface area (Å²) >= 11 is 0. The Morgan fingerprint density at radius 3 is 2.45 bits per heavy atom. The summed E-state index contributed by atoms with van der Waals surface area (Å²) in [6, 6.07) is 6.02. The monoisotopic (exact) mass is 276 g/mol. The fraction of sp³-hybridized carbons (Fsp3) is 0.562. The van der Waals surface area contributed by atoms with Crippen molar-refractivity contribution in [2.24, 2.45) is 0 Å². The quantitative estimate of drug-likeness (QED) is 0.844. The van der Waals surface area contributed by atoms with E-state index in [0.717, 1.165) is 37.5 Å². The van der Waals surface area contributed by atoms with Gasteiger partial charge >= 0.3 is 0 Å². The molecular weight excluding hydrogens is 252 g/mol. The highest BCUT2D eigenvalue weighted by Gasteiger charge is 2.25. The third-order valence-electron chi connectivity index (χ3n) is 3.80. The summed E-state index contributed by atoms with van der Waals surface area (Å²) in [5, 5.41) is 0. The number of piperazine rings is 1. The first-order chi connectivity index (χ1) is 9.47. The van der Waals surface area contributed by atoms with Crippen molar-refractivity contribution in [3.8, 4) is 5.75 Å². The van der Waals surface area contributed by atoms with Gasteiger partial charge in [0.1, 0.15) is 5.75 Å². The third kappa shape index (κ3) is 3.51. The van der Waals surface area contributed by atoms with Crippen LogP contribution < -0.4 is 4.74 Å². The topological polar surface area (TPSA) is 32.8 Å². The van der Waals surface area contributed by atoms with Crippen molar-refractivity contribution in [3.05, 3.63) is 29.3 Å². The first-order valence-corrected chi connectivity index (χ1v) is 7.18. The Bertz CT molecular complexity index is 479. The number of hydrogen-bond donors (Lipinski definition) is 0. The van der Waals surface area contributed by atoms with E-state index in [9.17, 15) is 4.79 Å². The van der Waals surface area contributed by atoms with Crippen LogP contribution >= 0.6 is 0 Å². The molecule has 1 amide bonds. The van der Waals surface area contributed by atoms with Crippen molar-refractivity contribution in [3.63, 3.8) is 0 Å². The number of aryl methyl sites for hydroxylation is 2. The SMILES string of the molecule is Cc1ccc(O[C@H](C)C(=O)N2CCN(C)CC2)c(C)c1. The number of carbonyl (C=O) groups is 1. The van der Waals surface area contributed by atoms with E-state index in [1.165, 1.54) is 5.56 Å². The number of amides is 1. The Morgan fingerprint density at radius 2 is 1.85 bits per heavy atom. The Labute approximate surface area is 121 Å². The molecule has 0 N–H and O–H groups in total. The fourth-order valence-electron chi connectivity index (χ4n) is 2.46. The second kappa shape index (κ2) is 6.27. The molecule has 1 aromatic rings. The van der Waals surface area contributed by atoms with E-state index < -0.39 is 6.10 Å². The van der Waals surface area contributed by atoms with E-state index >= 15 is 0 Å². The van der Waals surface area contributed by atoms with Crippen LogP contribution in [0.15, 0.2) is 18.2 Å². The van der Waals surface area contributed by atoms with Crippen molar-refractivity contribution < 1.29 is 9.53 Å². The van der Waals surface area contributed by atoms with Crippen LogP contribution in [-0.2, 0) is 4.79 Å². The molecule has 0 saturated carbocycles. The van der Waals surface area contributed by atoms with Gasteiger partial charge in [-0.25, -0.2) is 0 Å². The lowest BCUT2D eigenvalue weighted by Crippen LogP contribution is -2.50. The van der Waals surface area contributed by atoms with Crippen molar-refractivity contribution >= 4 is 5.91 Å². The molecule has 0 radical (unpaired) electrons. The molecule has 1 aromatic carbocycles. The smallest absolute Gasteiger partial charge is 0.263 e. The second-order valence-electron chi connectivity index (χ2n) is 5.66. The van der Waals surface area contributed by atoms with Gasteiger partial charge in [0.05, 0.1) is 0 Å². The van der Waals surface area contributed by atoms with Gasteiger partial charge < -0.3 is 14.5 Å². The average molecular weight is 276 g/mol.